The van der Waals surface area contributed by atoms with Gasteiger partial charge in [-0.15, -0.1) is 0 Å². The molecule has 4 heterocycles. The van der Waals surface area contributed by atoms with Crippen LogP contribution >= 0.6 is 22.6 Å². The maximum atomic E-state index is 14.4. The van der Waals surface area contributed by atoms with Crippen molar-refractivity contribution in [1.29, 1.82) is 0 Å². The number of hydrogen-bond donors (Lipinski definition) is 1. The number of amides is 2. The van der Waals surface area contributed by atoms with Crippen LogP contribution in [0.1, 0.15) is 48.6 Å². The zero-order chi connectivity index (χ0) is 30.3. The first-order valence-corrected chi connectivity index (χ1v) is 15.7. The summed E-state index contributed by atoms with van der Waals surface area (Å²) in [5.74, 6) is -0.888. The molecule has 1 fully saturated rings. The van der Waals surface area contributed by atoms with Crippen LogP contribution < -0.4 is 5.32 Å². The Morgan fingerprint density at radius 2 is 1.70 bits per heavy atom. The predicted molar refractivity (Wildman–Crippen MR) is 168 cm³/mol. The number of benzene rings is 2. The van der Waals surface area contributed by atoms with Crippen molar-refractivity contribution in [1.82, 2.24) is 19.8 Å². The fourth-order valence-electron chi connectivity index (χ4n) is 7.11. The number of nitrogens with one attached hydrogen (secondary N) is 1. The summed E-state index contributed by atoms with van der Waals surface area (Å²) in [5.41, 5.74) is 2.65. The Hall–Kier alpha value is -3.51. The van der Waals surface area contributed by atoms with Crippen LogP contribution in [0.3, 0.4) is 0 Å². The number of fused-ring (bicyclic) bond motifs is 4. The van der Waals surface area contributed by atoms with E-state index in [-0.39, 0.29) is 18.4 Å². The summed E-state index contributed by atoms with van der Waals surface area (Å²) in [6, 6.07) is 13.5. The summed E-state index contributed by atoms with van der Waals surface area (Å²) in [7, 11) is 0. The topological polar surface area (TPSA) is 78.4 Å². The highest BCUT2D eigenvalue weighted by molar-refractivity contribution is 14.1. The maximum Gasteiger partial charge on any atom is 0.243 e. The van der Waals surface area contributed by atoms with Crippen LogP contribution in [-0.4, -0.2) is 48.2 Å². The minimum absolute atomic E-state index is 0.0325. The second-order valence-electron chi connectivity index (χ2n) is 12.6. The number of anilines is 1. The van der Waals surface area contributed by atoms with E-state index in [1.807, 2.05) is 43.9 Å². The van der Waals surface area contributed by atoms with Gasteiger partial charge in [-0.3, -0.25) is 19.5 Å². The third kappa shape index (κ3) is 4.28. The zero-order valence-corrected chi connectivity index (χ0v) is 26.2. The Bertz CT molecular complexity index is 1830. The van der Waals surface area contributed by atoms with Gasteiger partial charge >= 0.3 is 0 Å². The van der Waals surface area contributed by atoms with Crippen molar-refractivity contribution < 1.29 is 18.4 Å². The molecule has 0 saturated carbocycles. The van der Waals surface area contributed by atoms with Gasteiger partial charge in [-0.05, 0) is 92.3 Å². The average molecular weight is 694 g/mol. The van der Waals surface area contributed by atoms with Crippen LogP contribution in [0, 0.1) is 11.6 Å². The molecule has 0 bridgehead atoms. The summed E-state index contributed by atoms with van der Waals surface area (Å²) in [6.45, 7) is 6.27. The molecule has 2 aromatic heterocycles. The molecule has 1 unspecified atom stereocenters. The van der Waals surface area contributed by atoms with Crippen LogP contribution in [0.15, 0.2) is 60.9 Å². The summed E-state index contributed by atoms with van der Waals surface area (Å²) in [4.78, 5) is 40.2. The number of pyridine rings is 2. The highest BCUT2D eigenvalue weighted by Crippen LogP contribution is 2.47. The normalized spacial score (nSPS) is 24.5. The van der Waals surface area contributed by atoms with E-state index in [9.17, 15) is 18.4 Å². The molecule has 4 aromatic rings. The molecule has 7 nitrogen and oxygen atoms in total. The number of halogens is 3. The highest BCUT2D eigenvalue weighted by atomic mass is 127. The third-order valence-electron chi connectivity index (χ3n) is 9.66. The molecule has 1 spiro atoms. The van der Waals surface area contributed by atoms with Crippen molar-refractivity contribution in [3.05, 3.63) is 100 Å². The van der Waals surface area contributed by atoms with Gasteiger partial charge in [0.05, 0.1) is 26.6 Å². The van der Waals surface area contributed by atoms with Crippen molar-refractivity contribution in [2.45, 2.75) is 56.7 Å². The number of carbonyl (C=O) groups is 2. The maximum absolute atomic E-state index is 14.4. The molecule has 1 saturated heterocycles. The Kier molecular flexibility index (Phi) is 6.41. The zero-order valence-electron chi connectivity index (χ0n) is 24.0. The number of nitrogens with zero attached hydrogens (tertiary/aromatic N) is 4. The van der Waals surface area contributed by atoms with Crippen LogP contribution in [0.25, 0.3) is 10.9 Å². The molecule has 1 aliphatic carbocycles. The van der Waals surface area contributed by atoms with Gasteiger partial charge in [-0.2, -0.15) is 0 Å². The number of carbonyl (C=O) groups excluding carboxylic acids is 2. The van der Waals surface area contributed by atoms with E-state index < -0.39 is 28.1 Å². The number of piperazine rings is 1. The lowest BCUT2D eigenvalue weighted by molar-refractivity contribution is -0.162. The first-order chi connectivity index (χ1) is 20.4. The lowest BCUT2D eigenvalue weighted by atomic mass is 9.79. The number of alkyl halides is 1. The van der Waals surface area contributed by atoms with E-state index in [2.05, 4.69) is 45.0 Å². The second kappa shape index (κ2) is 9.75. The summed E-state index contributed by atoms with van der Waals surface area (Å²) in [5, 5.41) is 3.86. The van der Waals surface area contributed by atoms with Crippen molar-refractivity contribution in [3.63, 3.8) is 0 Å². The molecule has 2 amide bonds. The van der Waals surface area contributed by atoms with Crippen molar-refractivity contribution >= 4 is 51.1 Å². The number of aromatic nitrogens is 2. The van der Waals surface area contributed by atoms with Crippen molar-refractivity contribution in [2.75, 3.05) is 16.4 Å². The van der Waals surface area contributed by atoms with Crippen LogP contribution in [0.5, 0.6) is 0 Å². The van der Waals surface area contributed by atoms with Gasteiger partial charge in [0.1, 0.15) is 17.5 Å². The third-order valence-corrected chi connectivity index (χ3v) is 10.5. The van der Waals surface area contributed by atoms with E-state index in [4.69, 9.17) is 4.98 Å². The van der Waals surface area contributed by atoms with Crippen molar-refractivity contribution in [2.24, 2.45) is 0 Å². The predicted octanol–water partition coefficient (Wildman–Crippen LogP) is 5.63. The Morgan fingerprint density at radius 3 is 2.42 bits per heavy atom. The van der Waals surface area contributed by atoms with Gasteiger partial charge in [0.2, 0.25) is 11.8 Å². The minimum atomic E-state index is -0.989. The van der Waals surface area contributed by atoms with Gasteiger partial charge in [0, 0.05) is 42.5 Å². The fourth-order valence-corrected chi connectivity index (χ4v) is 8.20. The molecule has 2 aliphatic heterocycles. The SMILES string of the molecule is CC1(C)C(=O)N(Cc2cnc3cc4c(cc3c2)C[C@@]2(C4)C(=O)Nc3ncccc32)C(C)(c2cc(F)cc(F)c2)CN1CI. The lowest BCUT2D eigenvalue weighted by Gasteiger charge is -2.55. The quantitative estimate of drug-likeness (QED) is 0.171. The van der Waals surface area contributed by atoms with E-state index >= 15 is 0 Å². The Labute approximate surface area is 261 Å². The molecule has 1 N–H and O–H groups in total. The summed E-state index contributed by atoms with van der Waals surface area (Å²) >= 11 is 2.23. The number of hydrogen-bond acceptors (Lipinski definition) is 5. The van der Waals surface area contributed by atoms with Gasteiger partial charge in [-0.1, -0.05) is 28.7 Å². The smallest absolute Gasteiger partial charge is 0.243 e. The van der Waals surface area contributed by atoms with Gasteiger partial charge in [-0.25, -0.2) is 13.8 Å². The first-order valence-electron chi connectivity index (χ1n) is 14.2. The first kappa shape index (κ1) is 28.3. The van der Waals surface area contributed by atoms with E-state index in [1.165, 1.54) is 12.1 Å². The lowest BCUT2D eigenvalue weighted by Crippen LogP contribution is -2.69. The average Bonchev–Trinajstić information content (AvgIpc) is 3.47. The van der Waals surface area contributed by atoms with E-state index in [0.717, 1.165) is 39.2 Å². The molecule has 2 atom stereocenters. The monoisotopic (exact) mass is 693 g/mol. The van der Waals surface area contributed by atoms with E-state index in [0.29, 0.717) is 35.3 Å². The molecule has 220 valence electrons. The second-order valence-corrected chi connectivity index (χ2v) is 13.3. The number of rotatable bonds is 4. The molecule has 0 radical (unpaired) electrons. The van der Waals surface area contributed by atoms with Crippen molar-refractivity contribution in [3.8, 4) is 0 Å². The fraction of sp³-hybridized carbons (Fsp3) is 0.333. The molecule has 3 aliphatic rings. The summed E-state index contributed by atoms with van der Waals surface area (Å²) in [6.07, 6.45) is 4.60. The van der Waals surface area contributed by atoms with Gasteiger partial charge in [0.25, 0.3) is 0 Å². The molecule has 10 heteroatoms. The van der Waals surface area contributed by atoms with Crippen LogP contribution in [0.2, 0.25) is 0 Å². The molecule has 43 heavy (non-hydrogen) atoms. The summed E-state index contributed by atoms with van der Waals surface area (Å²) < 4.78 is 29.5. The van der Waals surface area contributed by atoms with Gasteiger partial charge < -0.3 is 10.2 Å². The molecule has 7 rings (SSSR count). The molecule has 2 aromatic carbocycles. The standard InChI is InChI=1S/C33H30F2IN5O2/c1-31(2)30(43)41(32(3,17-40(31)18-36)23-10-24(34)12-25(35)11-23)16-19-7-20-8-21-13-33(14-22(21)9-27(20)38-15-19)26-5-4-6-37-28(26)39-29(33)42/h4-12,15H,13-14,16-18H2,1-3H3,(H,37,39,42)/t32?,33-/m0/s1. The molecular formula is C33H30F2IN5O2. The van der Waals surface area contributed by atoms with Gasteiger partial charge in [0.15, 0.2) is 0 Å². The van der Waals surface area contributed by atoms with Crippen LogP contribution in [-0.2, 0) is 39.9 Å². The largest absolute Gasteiger partial charge is 0.326 e. The Balaban J connectivity index is 1.26. The highest BCUT2D eigenvalue weighted by Gasteiger charge is 2.53. The van der Waals surface area contributed by atoms with Crippen LogP contribution in [0.4, 0.5) is 14.6 Å². The van der Waals surface area contributed by atoms with E-state index in [1.54, 1.807) is 17.3 Å². The Morgan fingerprint density at radius 1 is 0.977 bits per heavy atom. The molecular weight excluding hydrogens is 663 g/mol. The minimum Gasteiger partial charge on any atom is -0.326 e.